The maximum absolute atomic E-state index is 8.52. The molecule has 0 aromatic heterocycles. The van der Waals surface area contributed by atoms with Gasteiger partial charge in [-0.25, -0.2) is 0 Å². The zero-order valence-corrected chi connectivity index (χ0v) is 11.4. The van der Waals surface area contributed by atoms with E-state index < -0.39 is 10.4 Å². The molecule has 0 rings (SSSR count). The molecule has 0 aliphatic rings. The van der Waals surface area contributed by atoms with E-state index >= 15 is 0 Å². The summed E-state index contributed by atoms with van der Waals surface area (Å²) in [6.07, 6.45) is 0. The van der Waals surface area contributed by atoms with E-state index in [0.29, 0.717) is 0 Å². The van der Waals surface area contributed by atoms with Crippen molar-refractivity contribution in [1.29, 1.82) is 0 Å². The summed E-state index contributed by atoms with van der Waals surface area (Å²) in [6, 6.07) is 0. The Labute approximate surface area is 106 Å². The van der Waals surface area contributed by atoms with Crippen LogP contribution in [0.2, 0.25) is 0 Å². The van der Waals surface area contributed by atoms with Crippen LogP contribution < -0.4 is 0 Å². The van der Waals surface area contributed by atoms with Gasteiger partial charge >= 0.3 is 75.1 Å². The van der Waals surface area contributed by atoms with Crippen molar-refractivity contribution in [2.45, 2.75) is 0 Å². The minimum atomic E-state index is -5.17. The zero-order valence-electron chi connectivity index (χ0n) is 3.66. The van der Waals surface area contributed by atoms with Gasteiger partial charge in [0, 0.05) is 10.4 Å². The van der Waals surface area contributed by atoms with Gasteiger partial charge in [0.15, 0.2) is 0 Å². The molecule has 0 atom stereocenters. The molecule has 0 saturated carbocycles. The molecule has 8 heteroatoms. The van der Waals surface area contributed by atoms with Gasteiger partial charge in [0.1, 0.15) is 0 Å². The number of hydrogen-bond donors (Lipinski definition) is 0. The molecule has 0 saturated heterocycles. The molecule has 0 unspecified atom stereocenters. The standard InChI is InChI=1S/Ba.H2O4S.O.Zr/c;1-5(2,3)4;;/h;(H2,1,2,3,4);;/q+2;;-2;+4/p-2. The largest absolute Gasteiger partial charge is 4.00 e. The smallest absolute Gasteiger partial charge is 2.00 e. The minimum Gasteiger partial charge on any atom is -2.00 e. The summed E-state index contributed by atoms with van der Waals surface area (Å²) in [5.74, 6) is 0. The van der Waals surface area contributed by atoms with E-state index in [4.69, 9.17) is 17.5 Å². The summed E-state index contributed by atoms with van der Waals surface area (Å²) in [6.45, 7) is 0. The molecular formula is BaO5SZr+2. The van der Waals surface area contributed by atoms with Gasteiger partial charge in [0.2, 0.25) is 0 Å². The third-order valence-corrected chi connectivity index (χ3v) is 0. The molecule has 5 nitrogen and oxygen atoms in total. The molecule has 0 spiro atoms. The quantitative estimate of drug-likeness (QED) is 0.293. The first-order valence-corrected chi connectivity index (χ1v) is 2.00. The van der Waals surface area contributed by atoms with E-state index in [-0.39, 0.29) is 80.6 Å². The van der Waals surface area contributed by atoms with E-state index in [1.165, 1.54) is 0 Å². The average Bonchev–Trinajstić information content (AvgIpc) is 0.722. The first-order chi connectivity index (χ1) is 2.00. The van der Waals surface area contributed by atoms with E-state index in [0.717, 1.165) is 0 Å². The molecule has 0 bridgehead atoms. The normalized spacial score (nSPS) is 7.25. The number of hydrogen-bond acceptors (Lipinski definition) is 4. The third kappa shape index (κ3) is 84.2. The van der Waals surface area contributed by atoms with E-state index in [1.54, 1.807) is 0 Å². The van der Waals surface area contributed by atoms with Gasteiger partial charge in [-0.05, 0) is 0 Å². The zero-order chi connectivity index (χ0) is 4.50. The van der Waals surface area contributed by atoms with Gasteiger partial charge in [-0.15, -0.1) is 0 Å². The van der Waals surface area contributed by atoms with Crippen LogP contribution in [0.3, 0.4) is 0 Å². The molecule has 0 aliphatic carbocycles. The first-order valence-electron chi connectivity index (χ1n) is 0.667. The van der Waals surface area contributed by atoms with Crippen LogP contribution in [-0.2, 0) is 42.1 Å². The minimum absolute atomic E-state index is 0. The summed E-state index contributed by atoms with van der Waals surface area (Å²) in [7, 11) is -5.17. The van der Waals surface area contributed by atoms with Crippen molar-refractivity contribution >= 4 is 59.3 Å². The van der Waals surface area contributed by atoms with Crippen LogP contribution in [0.15, 0.2) is 0 Å². The van der Waals surface area contributed by atoms with Gasteiger partial charge in [0.25, 0.3) is 0 Å². The van der Waals surface area contributed by atoms with Gasteiger partial charge in [-0.1, -0.05) is 0 Å². The fourth-order valence-electron chi connectivity index (χ4n) is 0. The number of rotatable bonds is 0. The SMILES string of the molecule is O=S(=O)([O-])[O-].[Ba+2].[O-2].[Zr+4]. The molecule has 0 amide bonds. The van der Waals surface area contributed by atoms with Crippen molar-refractivity contribution in [2.24, 2.45) is 0 Å². The van der Waals surface area contributed by atoms with Crippen LogP contribution in [-0.4, -0.2) is 66.4 Å². The Morgan fingerprint density at radius 3 is 1.12 bits per heavy atom. The Hall–Kier alpha value is 2.28. The maximum atomic E-state index is 8.52. The second-order valence-corrected chi connectivity index (χ2v) is 1.22. The molecular weight excluding hydrogens is 341 g/mol. The molecule has 0 fully saturated rings. The molecule has 0 aliphatic heterocycles. The van der Waals surface area contributed by atoms with Crippen molar-refractivity contribution in [3.8, 4) is 0 Å². The summed E-state index contributed by atoms with van der Waals surface area (Å²) in [5, 5.41) is 0. The second kappa shape index (κ2) is 9.28. The maximum Gasteiger partial charge on any atom is 4.00 e. The van der Waals surface area contributed by atoms with Crippen molar-refractivity contribution < 1.29 is 49.2 Å². The summed E-state index contributed by atoms with van der Waals surface area (Å²) in [5.41, 5.74) is 0. The molecule has 0 aromatic carbocycles. The molecule has 0 heterocycles. The Kier molecular flexibility index (Phi) is 26.1. The van der Waals surface area contributed by atoms with Crippen LogP contribution in [0.1, 0.15) is 0 Å². The Morgan fingerprint density at radius 2 is 1.12 bits per heavy atom. The van der Waals surface area contributed by atoms with E-state index in [1.807, 2.05) is 0 Å². The van der Waals surface area contributed by atoms with E-state index in [2.05, 4.69) is 0 Å². The van der Waals surface area contributed by atoms with Crippen LogP contribution in [0, 0.1) is 0 Å². The third-order valence-electron chi connectivity index (χ3n) is 0. The molecule has 8 heavy (non-hydrogen) atoms. The molecule has 0 radical (unpaired) electrons. The van der Waals surface area contributed by atoms with Crippen LogP contribution in [0.4, 0.5) is 0 Å². The summed E-state index contributed by atoms with van der Waals surface area (Å²) >= 11 is 0. The van der Waals surface area contributed by atoms with E-state index in [9.17, 15) is 0 Å². The predicted octanol–water partition coefficient (Wildman–Crippen LogP) is -1.84. The van der Waals surface area contributed by atoms with Crippen molar-refractivity contribution in [2.75, 3.05) is 0 Å². The van der Waals surface area contributed by atoms with Crippen LogP contribution in [0.25, 0.3) is 0 Å². The average molecular weight is 341 g/mol. The first kappa shape index (κ1) is 22.4. The monoisotopic (exact) mass is 340 g/mol. The van der Waals surface area contributed by atoms with Gasteiger partial charge in [-0.2, -0.15) is 0 Å². The van der Waals surface area contributed by atoms with Gasteiger partial charge in [-0.3, -0.25) is 8.42 Å². The Balaban J connectivity index is -0.0000000267. The molecule has 40 valence electrons. The predicted molar refractivity (Wildman–Crippen MR) is 16.9 cm³/mol. The summed E-state index contributed by atoms with van der Waals surface area (Å²) < 4.78 is 34.1. The van der Waals surface area contributed by atoms with Crippen LogP contribution in [0.5, 0.6) is 0 Å². The van der Waals surface area contributed by atoms with Gasteiger partial charge in [0.05, 0.1) is 0 Å². The van der Waals surface area contributed by atoms with Crippen LogP contribution >= 0.6 is 0 Å². The summed E-state index contributed by atoms with van der Waals surface area (Å²) in [4.78, 5) is 0. The topological polar surface area (TPSA) is 109 Å². The van der Waals surface area contributed by atoms with Gasteiger partial charge < -0.3 is 14.6 Å². The van der Waals surface area contributed by atoms with Crippen molar-refractivity contribution in [1.82, 2.24) is 0 Å². The fourth-order valence-corrected chi connectivity index (χ4v) is 0. The van der Waals surface area contributed by atoms with Crippen molar-refractivity contribution in [3.05, 3.63) is 0 Å². The molecule has 0 N–H and O–H groups in total. The van der Waals surface area contributed by atoms with Crippen molar-refractivity contribution in [3.63, 3.8) is 0 Å². The second-order valence-electron chi connectivity index (χ2n) is 0.408. The fraction of sp³-hybridized carbons (Fsp3) is 0. The molecule has 0 aromatic rings. The Morgan fingerprint density at radius 1 is 1.12 bits per heavy atom. The Bertz CT molecular complexity index is 95.6.